The number of ether oxygens (including phenoxy) is 1. The number of nitrogens with one attached hydrogen (secondary N) is 1. The minimum atomic E-state index is -0.236. The van der Waals surface area contributed by atoms with Crippen molar-refractivity contribution in [3.8, 4) is 11.4 Å². The van der Waals surface area contributed by atoms with Crippen molar-refractivity contribution >= 4 is 5.91 Å². The largest absolute Gasteiger partial charge is 0.484 e. The summed E-state index contributed by atoms with van der Waals surface area (Å²) in [5, 5.41) is 14.3. The van der Waals surface area contributed by atoms with Gasteiger partial charge >= 0.3 is 0 Å². The van der Waals surface area contributed by atoms with Crippen LogP contribution in [-0.4, -0.2) is 32.7 Å². The van der Waals surface area contributed by atoms with Crippen LogP contribution in [0.15, 0.2) is 54.6 Å². The summed E-state index contributed by atoms with van der Waals surface area (Å²) in [6.07, 6.45) is 0. The third-order valence-corrected chi connectivity index (χ3v) is 3.90. The molecule has 0 aliphatic carbocycles. The van der Waals surface area contributed by atoms with E-state index in [2.05, 4.69) is 34.7 Å². The van der Waals surface area contributed by atoms with Crippen LogP contribution in [0.3, 0.4) is 0 Å². The Morgan fingerprint density at radius 3 is 2.54 bits per heavy atom. The third kappa shape index (κ3) is 4.44. The molecule has 7 heteroatoms. The van der Waals surface area contributed by atoms with Crippen LogP contribution >= 0.6 is 0 Å². The Kier molecular flexibility index (Phi) is 5.58. The molecule has 0 spiro atoms. The van der Waals surface area contributed by atoms with Crippen molar-refractivity contribution < 1.29 is 9.53 Å². The third-order valence-electron chi connectivity index (χ3n) is 3.90. The van der Waals surface area contributed by atoms with Crippen molar-refractivity contribution in [3.05, 3.63) is 66.0 Å². The molecule has 134 valence electrons. The number of carbonyl (C=O) groups is 1. The highest BCUT2D eigenvalue weighted by atomic mass is 16.5. The first-order valence-electron chi connectivity index (χ1n) is 8.45. The van der Waals surface area contributed by atoms with E-state index in [4.69, 9.17) is 4.74 Å². The van der Waals surface area contributed by atoms with E-state index in [1.807, 2.05) is 54.6 Å². The summed E-state index contributed by atoms with van der Waals surface area (Å²) in [7, 11) is 0. The summed E-state index contributed by atoms with van der Waals surface area (Å²) in [4.78, 5) is 12.0. The summed E-state index contributed by atoms with van der Waals surface area (Å²) in [5.74, 6) is 1.44. The van der Waals surface area contributed by atoms with Crippen LogP contribution in [0.5, 0.6) is 5.75 Å². The molecule has 0 radical (unpaired) electrons. The highest BCUT2D eigenvalue weighted by Crippen LogP contribution is 2.18. The summed E-state index contributed by atoms with van der Waals surface area (Å²) in [6.45, 7) is 4.42. The maximum absolute atomic E-state index is 12.0. The van der Waals surface area contributed by atoms with Crippen LogP contribution < -0.4 is 10.1 Å². The minimum absolute atomic E-state index is 0.0616. The Morgan fingerprint density at radius 2 is 1.85 bits per heavy atom. The van der Waals surface area contributed by atoms with Gasteiger partial charge in [0.05, 0.1) is 12.2 Å². The second-order valence-electron chi connectivity index (χ2n) is 6.13. The van der Waals surface area contributed by atoms with E-state index in [-0.39, 0.29) is 19.1 Å². The lowest BCUT2D eigenvalue weighted by molar-refractivity contribution is -0.123. The molecule has 7 nitrogen and oxygen atoms in total. The van der Waals surface area contributed by atoms with Crippen molar-refractivity contribution in [3.63, 3.8) is 0 Å². The van der Waals surface area contributed by atoms with Gasteiger partial charge in [-0.1, -0.05) is 44.2 Å². The molecule has 0 aliphatic heterocycles. The second-order valence-corrected chi connectivity index (χ2v) is 6.13. The number of carbonyl (C=O) groups excluding carboxylic acids is 1. The molecule has 3 aromatic rings. The van der Waals surface area contributed by atoms with E-state index in [0.29, 0.717) is 17.5 Å². The molecule has 26 heavy (non-hydrogen) atoms. The van der Waals surface area contributed by atoms with Crippen LogP contribution in [-0.2, 0) is 11.3 Å². The van der Waals surface area contributed by atoms with Gasteiger partial charge in [0.2, 0.25) is 0 Å². The topological polar surface area (TPSA) is 81.9 Å². The van der Waals surface area contributed by atoms with Crippen LogP contribution in [0.4, 0.5) is 0 Å². The van der Waals surface area contributed by atoms with Crippen molar-refractivity contribution in [2.75, 3.05) is 6.61 Å². The number of rotatable bonds is 7. The maximum atomic E-state index is 12.0. The average Bonchev–Trinajstić information content (AvgIpc) is 3.14. The van der Waals surface area contributed by atoms with Crippen molar-refractivity contribution in [1.82, 2.24) is 25.5 Å². The number of hydrogen-bond donors (Lipinski definition) is 1. The zero-order chi connectivity index (χ0) is 18.4. The van der Waals surface area contributed by atoms with Gasteiger partial charge in [0, 0.05) is 0 Å². The average molecular weight is 351 g/mol. The Balaban J connectivity index is 1.51. The number of benzene rings is 2. The molecule has 0 bridgehead atoms. The van der Waals surface area contributed by atoms with Gasteiger partial charge in [0.25, 0.3) is 5.91 Å². The molecular weight excluding hydrogens is 330 g/mol. The van der Waals surface area contributed by atoms with E-state index < -0.39 is 0 Å². The standard InChI is InChI=1S/C19H21N5O2/c1-14(2)15-8-10-17(11-9-15)26-13-19(25)20-12-18-21-22-23-24(18)16-6-4-3-5-7-16/h3-11,14H,12-13H2,1-2H3,(H,20,25). The van der Waals surface area contributed by atoms with Crippen LogP contribution in [0, 0.1) is 0 Å². The van der Waals surface area contributed by atoms with E-state index in [1.54, 1.807) is 4.68 Å². The number of aromatic nitrogens is 4. The van der Waals surface area contributed by atoms with Crippen molar-refractivity contribution in [2.45, 2.75) is 26.3 Å². The molecule has 1 heterocycles. The van der Waals surface area contributed by atoms with E-state index in [9.17, 15) is 4.79 Å². The molecular formula is C19H21N5O2. The Bertz CT molecular complexity index is 844. The first kappa shape index (κ1) is 17.6. The summed E-state index contributed by atoms with van der Waals surface area (Å²) in [5.41, 5.74) is 2.07. The number of amides is 1. The molecule has 0 saturated heterocycles. The van der Waals surface area contributed by atoms with Crippen LogP contribution in [0.2, 0.25) is 0 Å². The quantitative estimate of drug-likeness (QED) is 0.707. The second kappa shape index (κ2) is 8.24. The van der Waals surface area contributed by atoms with Gasteiger partial charge in [0.1, 0.15) is 5.75 Å². The molecule has 1 amide bonds. The SMILES string of the molecule is CC(C)c1ccc(OCC(=O)NCc2nnnn2-c2ccccc2)cc1. The fraction of sp³-hybridized carbons (Fsp3) is 0.263. The Labute approximate surface area is 152 Å². The summed E-state index contributed by atoms with van der Waals surface area (Å²) in [6, 6.07) is 17.3. The normalized spacial score (nSPS) is 10.7. The van der Waals surface area contributed by atoms with Gasteiger partial charge < -0.3 is 10.1 Å². The molecule has 2 aromatic carbocycles. The van der Waals surface area contributed by atoms with Gasteiger partial charge in [-0.05, 0) is 46.2 Å². The fourth-order valence-electron chi connectivity index (χ4n) is 2.41. The van der Waals surface area contributed by atoms with Crippen molar-refractivity contribution in [1.29, 1.82) is 0 Å². The molecule has 0 atom stereocenters. The van der Waals surface area contributed by atoms with Gasteiger partial charge in [-0.25, -0.2) is 0 Å². The summed E-state index contributed by atoms with van der Waals surface area (Å²) < 4.78 is 7.11. The van der Waals surface area contributed by atoms with Crippen LogP contribution in [0.1, 0.15) is 31.2 Å². The smallest absolute Gasteiger partial charge is 0.258 e. The lowest BCUT2D eigenvalue weighted by atomic mass is 10.0. The monoisotopic (exact) mass is 351 g/mol. The molecule has 0 saturated carbocycles. The molecule has 1 aromatic heterocycles. The molecule has 1 N–H and O–H groups in total. The molecule has 0 unspecified atom stereocenters. The number of para-hydroxylation sites is 1. The predicted molar refractivity (Wildman–Crippen MR) is 97.0 cm³/mol. The summed E-state index contributed by atoms with van der Waals surface area (Å²) >= 11 is 0. The highest BCUT2D eigenvalue weighted by molar-refractivity contribution is 5.77. The number of hydrogen-bond acceptors (Lipinski definition) is 5. The minimum Gasteiger partial charge on any atom is -0.484 e. The Morgan fingerprint density at radius 1 is 1.12 bits per heavy atom. The molecule has 0 fully saturated rings. The van der Waals surface area contributed by atoms with Gasteiger partial charge in [-0.2, -0.15) is 4.68 Å². The van der Waals surface area contributed by atoms with Gasteiger partial charge in [0.15, 0.2) is 12.4 Å². The van der Waals surface area contributed by atoms with Crippen molar-refractivity contribution in [2.24, 2.45) is 0 Å². The highest BCUT2D eigenvalue weighted by Gasteiger charge is 2.10. The lowest BCUT2D eigenvalue weighted by Gasteiger charge is -2.09. The van der Waals surface area contributed by atoms with E-state index in [1.165, 1.54) is 5.56 Å². The fourth-order valence-corrected chi connectivity index (χ4v) is 2.41. The molecule has 3 rings (SSSR count). The first-order chi connectivity index (χ1) is 12.6. The first-order valence-corrected chi connectivity index (χ1v) is 8.45. The van der Waals surface area contributed by atoms with Gasteiger partial charge in [-0.15, -0.1) is 5.10 Å². The predicted octanol–water partition coefficient (Wildman–Crippen LogP) is 2.48. The van der Waals surface area contributed by atoms with Crippen LogP contribution in [0.25, 0.3) is 5.69 Å². The maximum Gasteiger partial charge on any atom is 0.258 e. The number of tetrazole rings is 1. The number of nitrogens with zero attached hydrogens (tertiary/aromatic N) is 4. The van der Waals surface area contributed by atoms with Gasteiger partial charge in [-0.3, -0.25) is 4.79 Å². The molecule has 0 aliphatic rings. The van der Waals surface area contributed by atoms with E-state index >= 15 is 0 Å². The zero-order valence-corrected chi connectivity index (χ0v) is 14.8. The van der Waals surface area contributed by atoms with E-state index in [0.717, 1.165) is 5.69 Å². The lowest BCUT2D eigenvalue weighted by Crippen LogP contribution is -2.29. The zero-order valence-electron chi connectivity index (χ0n) is 14.8. The Hall–Kier alpha value is -3.22.